The van der Waals surface area contributed by atoms with Gasteiger partial charge < -0.3 is 9.47 Å². The third-order valence-electron chi connectivity index (χ3n) is 4.53. The number of hydrogen-bond donors (Lipinski definition) is 0. The Hall–Kier alpha value is -3.14. The Morgan fingerprint density at radius 1 is 1.04 bits per heavy atom. The number of nitrogens with zero attached hydrogens (tertiary/aromatic N) is 1. The Labute approximate surface area is 145 Å². The van der Waals surface area contributed by atoms with Gasteiger partial charge in [-0.05, 0) is 29.0 Å². The summed E-state index contributed by atoms with van der Waals surface area (Å²) in [6.45, 7) is 3.42. The van der Waals surface area contributed by atoms with Crippen LogP contribution < -0.4 is 13.9 Å². The third-order valence-corrected chi connectivity index (χ3v) is 4.53. The number of esters is 1. The summed E-state index contributed by atoms with van der Waals surface area (Å²) in [5.41, 5.74) is 2.11. The molecule has 0 amide bonds. The molecule has 4 nitrogen and oxygen atoms in total. The first-order valence-electron chi connectivity index (χ1n) is 8.12. The van der Waals surface area contributed by atoms with Crippen molar-refractivity contribution in [1.29, 1.82) is 0 Å². The smallest absolute Gasteiger partial charge is 0.308 e. The number of carbonyl (C=O) groups is 1. The normalized spacial score (nSPS) is 11.2. The van der Waals surface area contributed by atoms with Crippen molar-refractivity contribution in [3.63, 3.8) is 0 Å². The number of methoxy groups -OCH3 is 1. The molecule has 0 aliphatic heterocycles. The fraction of sp³-hybridized carbons (Fsp3) is 0.143. The zero-order valence-electron chi connectivity index (χ0n) is 14.4. The van der Waals surface area contributed by atoms with Crippen LogP contribution in [-0.2, 0) is 4.79 Å². The van der Waals surface area contributed by atoms with Gasteiger partial charge in [0.2, 0.25) is 5.52 Å². The van der Waals surface area contributed by atoms with Crippen molar-refractivity contribution in [1.82, 2.24) is 0 Å². The lowest BCUT2D eigenvalue weighted by molar-refractivity contribution is -0.516. The summed E-state index contributed by atoms with van der Waals surface area (Å²) < 4.78 is 13.0. The molecule has 0 unspecified atom stereocenters. The first-order chi connectivity index (χ1) is 12.1. The van der Waals surface area contributed by atoms with Crippen LogP contribution in [0.15, 0.2) is 54.7 Å². The van der Waals surface area contributed by atoms with E-state index in [1.165, 1.54) is 17.7 Å². The average Bonchev–Trinajstić information content (AvgIpc) is 2.61. The Morgan fingerprint density at radius 2 is 1.84 bits per heavy atom. The number of pyridine rings is 2. The summed E-state index contributed by atoms with van der Waals surface area (Å²) in [5, 5.41) is 4.25. The van der Waals surface area contributed by atoms with Gasteiger partial charge in [0, 0.05) is 26.0 Å². The SMILES string of the molecule is COc1ccc2cc3c4ccccc4cc[n+]3c(C)c2c1OC(C)=O. The second-order valence-corrected chi connectivity index (χ2v) is 6.04. The van der Waals surface area contributed by atoms with Crippen LogP contribution in [0.3, 0.4) is 0 Å². The lowest BCUT2D eigenvalue weighted by Gasteiger charge is -2.12. The molecule has 0 saturated carbocycles. The average molecular weight is 332 g/mol. The number of benzene rings is 2. The van der Waals surface area contributed by atoms with Gasteiger partial charge in [-0.2, -0.15) is 4.40 Å². The molecule has 0 saturated heterocycles. The van der Waals surface area contributed by atoms with Crippen LogP contribution in [0.1, 0.15) is 12.6 Å². The van der Waals surface area contributed by atoms with Gasteiger partial charge in [-0.25, -0.2) is 0 Å². The Morgan fingerprint density at radius 3 is 2.60 bits per heavy atom. The Bertz CT molecular complexity index is 1150. The van der Waals surface area contributed by atoms with Crippen LogP contribution >= 0.6 is 0 Å². The van der Waals surface area contributed by atoms with Gasteiger partial charge in [-0.1, -0.05) is 18.2 Å². The molecule has 0 atom stereocenters. The zero-order valence-corrected chi connectivity index (χ0v) is 14.4. The molecule has 4 rings (SSSR count). The molecule has 124 valence electrons. The van der Waals surface area contributed by atoms with Crippen molar-refractivity contribution in [2.24, 2.45) is 0 Å². The quantitative estimate of drug-likeness (QED) is 0.183. The molecule has 0 N–H and O–H groups in total. The summed E-state index contributed by atoms with van der Waals surface area (Å²) in [6, 6.07) is 16.3. The number of hydrogen-bond acceptors (Lipinski definition) is 3. The van der Waals surface area contributed by atoms with Crippen molar-refractivity contribution >= 4 is 33.0 Å². The van der Waals surface area contributed by atoms with Gasteiger partial charge in [-0.3, -0.25) is 4.79 Å². The molecular formula is C21H18NO3+. The fourth-order valence-corrected chi connectivity index (χ4v) is 3.43. The number of ether oxygens (including phenoxy) is 2. The molecule has 4 heteroatoms. The maximum Gasteiger partial charge on any atom is 0.308 e. The molecule has 25 heavy (non-hydrogen) atoms. The van der Waals surface area contributed by atoms with E-state index in [1.807, 2.05) is 37.4 Å². The van der Waals surface area contributed by atoms with E-state index in [0.717, 1.165) is 22.0 Å². The van der Waals surface area contributed by atoms with Crippen LogP contribution in [0.2, 0.25) is 0 Å². The fourth-order valence-electron chi connectivity index (χ4n) is 3.43. The van der Waals surface area contributed by atoms with E-state index in [9.17, 15) is 4.79 Å². The van der Waals surface area contributed by atoms with E-state index in [0.29, 0.717) is 11.5 Å². The highest BCUT2D eigenvalue weighted by Gasteiger charge is 2.21. The summed E-state index contributed by atoms with van der Waals surface area (Å²) >= 11 is 0. The van der Waals surface area contributed by atoms with Gasteiger partial charge >= 0.3 is 5.97 Å². The molecule has 0 aliphatic rings. The highest BCUT2D eigenvalue weighted by molar-refractivity contribution is 6.00. The zero-order chi connectivity index (χ0) is 17.6. The Kier molecular flexibility index (Phi) is 3.53. The lowest BCUT2D eigenvalue weighted by Crippen LogP contribution is -2.26. The molecule has 2 aromatic heterocycles. The van der Waals surface area contributed by atoms with Gasteiger partial charge in [0.05, 0.1) is 17.9 Å². The van der Waals surface area contributed by atoms with Crippen LogP contribution in [-0.4, -0.2) is 13.1 Å². The molecular weight excluding hydrogens is 314 g/mol. The van der Waals surface area contributed by atoms with Gasteiger partial charge in [-0.15, -0.1) is 0 Å². The van der Waals surface area contributed by atoms with Crippen LogP contribution in [0.25, 0.3) is 27.1 Å². The van der Waals surface area contributed by atoms with E-state index in [1.54, 1.807) is 7.11 Å². The molecule has 0 fully saturated rings. The molecule has 0 radical (unpaired) electrons. The number of carbonyl (C=O) groups excluding carboxylic acids is 1. The molecule has 0 aliphatic carbocycles. The monoisotopic (exact) mass is 332 g/mol. The van der Waals surface area contributed by atoms with E-state index < -0.39 is 0 Å². The van der Waals surface area contributed by atoms with E-state index >= 15 is 0 Å². The second kappa shape index (κ2) is 5.74. The van der Waals surface area contributed by atoms with Crippen molar-refractivity contribution in [2.45, 2.75) is 13.8 Å². The highest BCUT2D eigenvalue weighted by Crippen LogP contribution is 2.37. The highest BCUT2D eigenvalue weighted by atomic mass is 16.6. The summed E-state index contributed by atoms with van der Waals surface area (Å²) in [4.78, 5) is 11.6. The first-order valence-corrected chi connectivity index (χ1v) is 8.12. The van der Waals surface area contributed by atoms with Crippen LogP contribution in [0.4, 0.5) is 0 Å². The van der Waals surface area contributed by atoms with Crippen LogP contribution in [0, 0.1) is 6.92 Å². The van der Waals surface area contributed by atoms with Crippen molar-refractivity contribution < 1.29 is 18.7 Å². The summed E-state index contributed by atoms with van der Waals surface area (Å²) in [6.07, 6.45) is 2.05. The van der Waals surface area contributed by atoms with Gasteiger partial charge in [0.25, 0.3) is 0 Å². The Balaban J connectivity index is 2.17. The minimum atomic E-state index is -0.367. The predicted octanol–water partition coefficient (Wildman–Crippen LogP) is 3.97. The minimum Gasteiger partial charge on any atom is -0.493 e. The molecule has 2 heterocycles. The largest absolute Gasteiger partial charge is 0.493 e. The standard InChI is InChI=1S/C21H18NO3/c1-13-20-16(8-9-19(24-3)21(20)25-14(2)23)12-18-17-7-5-4-6-15(17)10-11-22(13)18/h4-12H,1-3H3/q+1. The number of fused-ring (bicyclic) bond motifs is 4. The summed E-state index contributed by atoms with van der Waals surface area (Å²) in [7, 11) is 1.57. The molecule has 4 aromatic rings. The maximum absolute atomic E-state index is 11.6. The molecule has 0 bridgehead atoms. The molecule has 0 spiro atoms. The summed E-state index contributed by atoms with van der Waals surface area (Å²) in [5.74, 6) is 0.646. The van der Waals surface area contributed by atoms with E-state index in [2.05, 4.69) is 28.7 Å². The van der Waals surface area contributed by atoms with Crippen molar-refractivity contribution in [2.75, 3.05) is 7.11 Å². The number of aromatic nitrogens is 1. The molecule has 2 aromatic carbocycles. The van der Waals surface area contributed by atoms with E-state index in [4.69, 9.17) is 9.47 Å². The number of aryl methyl sites for hydroxylation is 1. The first kappa shape index (κ1) is 15.4. The maximum atomic E-state index is 11.6. The van der Waals surface area contributed by atoms with Crippen LogP contribution in [0.5, 0.6) is 11.5 Å². The van der Waals surface area contributed by atoms with Crippen molar-refractivity contribution in [3.8, 4) is 11.5 Å². The van der Waals surface area contributed by atoms with Crippen molar-refractivity contribution in [3.05, 3.63) is 60.4 Å². The third kappa shape index (κ3) is 2.38. The second-order valence-electron chi connectivity index (χ2n) is 6.04. The lowest BCUT2D eigenvalue weighted by atomic mass is 10.0. The van der Waals surface area contributed by atoms with E-state index in [-0.39, 0.29) is 5.97 Å². The van der Waals surface area contributed by atoms with Gasteiger partial charge in [0.1, 0.15) is 0 Å². The predicted molar refractivity (Wildman–Crippen MR) is 97.2 cm³/mol. The number of rotatable bonds is 2. The minimum absolute atomic E-state index is 0.367. The topological polar surface area (TPSA) is 39.6 Å². The van der Waals surface area contributed by atoms with Gasteiger partial charge in [0.15, 0.2) is 23.4 Å².